The quantitative estimate of drug-likeness (QED) is 0.532. The number of nitrogens with zero attached hydrogens (tertiary/aromatic N) is 3. The zero-order valence-electron chi connectivity index (χ0n) is 21.6. The lowest BCUT2D eigenvalue weighted by atomic mass is 9.99. The van der Waals surface area contributed by atoms with Gasteiger partial charge in [-0.25, -0.2) is 4.39 Å². The number of fused-ring (bicyclic) bond motifs is 1. The summed E-state index contributed by atoms with van der Waals surface area (Å²) in [6.07, 6.45) is 5.22. The van der Waals surface area contributed by atoms with Gasteiger partial charge in [-0.15, -0.1) is 0 Å². The Morgan fingerprint density at radius 2 is 1.95 bits per heavy atom. The van der Waals surface area contributed by atoms with Gasteiger partial charge in [0.05, 0.1) is 13.0 Å². The highest BCUT2D eigenvalue weighted by molar-refractivity contribution is 5.95. The molecule has 2 aromatic carbocycles. The molecular weight excluding hydrogens is 487 g/mol. The molecule has 200 valence electrons. The maximum Gasteiger partial charge on any atom is 0.254 e. The van der Waals surface area contributed by atoms with Crippen molar-refractivity contribution in [3.8, 4) is 5.75 Å². The molecule has 0 unspecified atom stereocenters. The summed E-state index contributed by atoms with van der Waals surface area (Å²) in [6, 6.07) is 13.8. The first-order valence-electron chi connectivity index (χ1n) is 13.3. The van der Waals surface area contributed by atoms with Gasteiger partial charge in [0.25, 0.3) is 5.91 Å². The van der Waals surface area contributed by atoms with Crippen molar-refractivity contribution in [3.05, 3.63) is 77.2 Å². The first-order chi connectivity index (χ1) is 18.5. The van der Waals surface area contributed by atoms with E-state index in [-0.39, 0.29) is 35.1 Å². The Morgan fingerprint density at radius 1 is 1.13 bits per heavy atom. The highest BCUT2D eigenvalue weighted by Gasteiger charge is 2.45. The third-order valence-electron chi connectivity index (χ3n) is 7.59. The summed E-state index contributed by atoms with van der Waals surface area (Å²) < 4.78 is 25.2. The van der Waals surface area contributed by atoms with Gasteiger partial charge in [0, 0.05) is 37.0 Å². The van der Waals surface area contributed by atoms with Crippen LogP contribution in [0.2, 0.25) is 0 Å². The van der Waals surface area contributed by atoms with E-state index in [0.29, 0.717) is 44.1 Å². The predicted molar refractivity (Wildman–Crippen MR) is 138 cm³/mol. The van der Waals surface area contributed by atoms with Crippen LogP contribution in [0.1, 0.15) is 72.1 Å². The average Bonchev–Trinajstić information content (AvgIpc) is 3.57. The van der Waals surface area contributed by atoms with E-state index in [0.717, 1.165) is 31.2 Å². The highest BCUT2D eigenvalue weighted by Crippen LogP contribution is 2.41. The molecule has 2 aliphatic rings. The van der Waals surface area contributed by atoms with Crippen molar-refractivity contribution in [2.45, 2.75) is 56.9 Å². The van der Waals surface area contributed by atoms with Crippen molar-refractivity contribution in [2.75, 3.05) is 20.2 Å². The molecule has 0 radical (unpaired) electrons. The van der Waals surface area contributed by atoms with Crippen LogP contribution in [0.3, 0.4) is 0 Å². The van der Waals surface area contributed by atoms with Gasteiger partial charge in [-0.05, 0) is 49.4 Å². The molecule has 5 rings (SSSR count). The minimum atomic E-state index is -0.591. The Labute approximate surface area is 221 Å². The number of hydrogen-bond donors (Lipinski definition) is 1. The van der Waals surface area contributed by atoms with E-state index in [1.165, 1.54) is 19.2 Å². The Morgan fingerprint density at radius 3 is 2.74 bits per heavy atom. The number of carbonyl (C=O) groups is 2. The molecule has 9 heteroatoms. The fourth-order valence-electron chi connectivity index (χ4n) is 5.61. The lowest BCUT2D eigenvalue weighted by Gasteiger charge is -2.32. The van der Waals surface area contributed by atoms with E-state index in [1.807, 2.05) is 30.3 Å². The molecule has 8 nitrogen and oxygen atoms in total. The SMILES string of the molecule is COc1ccc(C(=O)N2CCCCCCNC(=O)[C@@H]3C[C@@H](c4nc(Cc5ccccc5)no4)C[C@@H]32)cc1F. The summed E-state index contributed by atoms with van der Waals surface area (Å²) in [4.78, 5) is 33.4. The van der Waals surface area contributed by atoms with Crippen molar-refractivity contribution in [1.29, 1.82) is 0 Å². The zero-order valence-corrected chi connectivity index (χ0v) is 21.6. The summed E-state index contributed by atoms with van der Waals surface area (Å²) in [7, 11) is 1.39. The van der Waals surface area contributed by atoms with Crippen LogP contribution in [0.4, 0.5) is 4.39 Å². The van der Waals surface area contributed by atoms with E-state index in [2.05, 4.69) is 15.5 Å². The van der Waals surface area contributed by atoms with Crippen LogP contribution >= 0.6 is 0 Å². The number of aromatic nitrogens is 2. The summed E-state index contributed by atoms with van der Waals surface area (Å²) in [5.41, 5.74) is 1.32. The topological polar surface area (TPSA) is 97.6 Å². The van der Waals surface area contributed by atoms with Gasteiger partial charge in [0.2, 0.25) is 11.8 Å². The average molecular weight is 521 g/mol. The molecule has 38 heavy (non-hydrogen) atoms. The van der Waals surface area contributed by atoms with Gasteiger partial charge >= 0.3 is 0 Å². The molecule has 2 amide bonds. The molecule has 2 heterocycles. The normalized spacial score (nSPS) is 22.3. The van der Waals surface area contributed by atoms with Crippen molar-refractivity contribution >= 4 is 11.8 Å². The minimum absolute atomic E-state index is 0.0675. The van der Waals surface area contributed by atoms with E-state index in [1.54, 1.807) is 11.0 Å². The van der Waals surface area contributed by atoms with Crippen molar-refractivity contribution in [2.24, 2.45) is 5.92 Å². The molecule has 1 saturated heterocycles. The molecule has 1 saturated carbocycles. The number of nitrogens with one attached hydrogen (secondary N) is 1. The third kappa shape index (κ3) is 5.71. The second-order valence-electron chi connectivity index (χ2n) is 10.1. The van der Waals surface area contributed by atoms with Crippen LogP contribution in [0.5, 0.6) is 5.75 Å². The number of benzene rings is 2. The van der Waals surface area contributed by atoms with E-state index < -0.39 is 11.7 Å². The summed E-state index contributed by atoms with van der Waals surface area (Å²) in [5.74, 6) is -0.357. The van der Waals surface area contributed by atoms with Crippen molar-refractivity contribution in [1.82, 2.24) is 20.4 Å². The molecule has 1 aromatic heterocycles. The maximum absolute atomic E-state index is 14.5. The van der Waals surface area contributed by atoms with Crippen molar-refractivity contribution in [3.63, 3.8) is 0 Å². The molecular formula is C29H33FN4O4. The molecule has 1 aliphatic heterocycles. The van der Waals surface area contributed by atoms with Gasteiger partial charge in [-0.2, -0.15) is 4.98 Å². The van der Waals surface area contributed by atoms with Crippen LogP contribution in [0.25, 0.3) is 0 Å². The molecule has 1 aliphatic carbocycles. The first kappa shape index (κ1) is 25.9. The summed E-state index contributed by atoms with van der Waals surface area (Å²) >= 11 is 0. The smallest absolute Gasteiger partial charge is 0.254 e. The van der Waals surface area contributed by atoms with E-state index in [4.69, 9.17) is 9.26 Å². The molecule has 0 spiro atoms. The first-order valence-corrected chi connectivity index (χ1v) is 13.3. The second kappa shape index (κ2) is 11.8. The number of halogens is 1. The Hall–Kier alpha value is -3.75. The molecule has 0 bridgehead atoms. The Balaban J connectivity index is 1.41. The number of ether oxygens (including phenoxy) is 1. The standard InChI is InChI=1S/C29H33FN4O4/c1-37-25-12-11-20(17-23(25)30)29(36)34-14-8-3-2-7-13-31-27(35)22-16-21(18-24(22)34)28-32-26(33-38-28)15-19-9-5-4-6-10-19/h4-6,9-12,17,21-22,24H,2-3,7-8,13-16,18H2,1H3,(H,31,35)/t21-,22-,24+/m1/s1. The van der Waals surface area contributed by atoms with Crippen LogP contribution in [0.15, 0.2) is 53.1 Å². The Bertz CT molecular complexity index is 1260. The monoisotopic (exact) mass is 520 g/mol. The third-order valence-corrected chi connectivity index (χ3v) is 7.59. The molecule has 2 fully saturated rings. The van der Waals surface area contributed by atoms with Crippen LogP contribution in [0, 0.1) is 11.7 Å². The van der Waals surface area contributed by atoms with Crippen LogP contribution in [-0.2, 0) is 11.2 Å². The predicted octanol–water partition coefficient (Wildman–Crippen LogP) is 4.50. The van der Waals surface area contributed by atoms with Gasteiger partial charge in [0.1, 0.15) is 0 Å². The molecule has 3 atom stereocenters. The lowest BCUT2D eigenvalue weighted by Crippen LogP contribution is -2.47. The zero-order chi connectivity index (χ0) is 26.5. The minimum Gasteiger partial charge on any atom is -0.494 e. The highest BCUT2D eigenvalue weighted by atomic mass is 19.1. The van der Waals surface area contributed by atoms with Gasteiger partial charge in [-0.3, -0.25) is 9.59 Å². The van der Waals surface area contributed by atoms with Crippen molar-refractivity contribution < 1.29 is 23.2 Å². The molecule has 3 aromatic rings. The van der Waals surface area contributed by atoms with E-state index in [9.17, 15) is 14.0 Å². The fourth-order valence-corrected chi connectivity index (χ4v) is 5.61. The summed E-state index contributed by atoms with van der Waals surface area (Å²) in [5, 5.41) is 7.24. The van der Waals surface area contributed by atoms with Crippen LogP contribution in [-0.4, -0.2) is 53.1 Å². The lowest BCUT2D eigenvalue weighted by molar-refractivity contribution is -0.126. The fraction of sp³-hybridized carbons (Fsp3) is 0.448. The van der Waals surface area contributed by atoms with Crippen LogP contribution < -0.4 is 10.1 Å². The number of rotatable bonds is 5. The largest absolute Gasteiger partial charge is 0.494 e. The second-order valence-corrected chi connectivity index (χ2v) is 10.1. The van der Waals surface area contributed by atoms with Gasteiger partial charge in [-0.1, -0.05) is 48.3 Å². The number of amides is 2. The van der Waals surface area contributed by atoms with Gasteiger partial charge < -0.3 is 19.5 Å². The summed E-state index contributed by atoms with van der Waals surface area (Å²) in [6.45, 7) is 1.11. The molecule has 1 N–H and O–H groups in total. The number of hydrogen-bond acceptors (Lipinski definition) is 6. The Kier molecular flexibility index (Phi) is 8.00. The maximum atomic E-state index is 14.5. The number of carbonyl (C=O) groups excluding carboxylic acids is 2. The number of methoxy groups -OCH3 is 1. The van der Waals surface area contributed by atoms with Gasteiger partial charge in [0.15, 0.2) is 17.4 Å². The van der Waals surface area contributed by atoms with E-state index >= 15 is 0 Å².